The second-order valence-corrected chi connectivity index (χ2v) is 9.63. The molecule has 2 aromatic carbocycles. The lowest BCUT2D eigenvalue weighted by Crippen LogP contribution is -2.23. The third-order valence-electron chi connectivity index (χ3n) is 4.64. The molecule has 0 aliphatic heterocycles. The molecule has 0 spiro atoms. The van der Waals surface area contributed by atoms with Gasteiger partial charge in [-0.05, 0) is 48.7 Å². The van der Waals surface area contributed by atoms with E-state index in [1.54, 1.807) is 29.5 Å². The first-order valence-corrected chi connectivity index (χ1v) is 11.9. The van der Waals surface area contributed by atoms with Crippen LogP contribution in [0.1, 0.15) is 23.2 Å². The number of anilines is 1. The zero-order chi connectivity index (χ0) is 22.5. The number of benzene rings is 2. The number of nitrogens with one attached hydrogen (secondary N) is 1. The van der Waals surface area contributed by atoms with Crippen molar-refractivity contribution in [1.82, 2.24) is 14.8 Å². The van der Waals surface area contributed by atoms with Crippen molar-refractivity contribution >= 4 is 46.3 Å². The van der Waals surface area contributed by atoms with Crippen molar-refractivity contribution in [3.05, 3.63) is 87.3 Å². The number of amides is 1. The summed E-state index contributed by atoms with van der Waals surface area (Å²) in [5, 5.41) is 23.2. The number of carbonyl (C=O) groups is 1. The summed E-state index contributed by atoms with van der Waals surface area (Å²) in [7, 11) is 0. The molecule has 0 bridgehead atoms. The quantitative estimate of drug-likeness (QED) is 0.350. The lowest BCUT2D eigenvalue weighted by molar-refractivity contribution is -0.115. The molecule has 1 N–H and O–H groups in total. The van der Waals surface area contributed by atoms with E-state index >= 15 is 0 Å². The van der Waals surface area contributed by atoms with Crippen molar-refractivity contribution in [2.24, 2.45) is 0 Å². The van der Waals surface area contributed by atoms with Gasteiger partial charge in [-0.3, -0.25) is 9.36 Å². The van der Waals surface area contributed by atoms with Gasteiger partial charge in [-0.15, -0.1) is 21.5 Å². The fourth-order valence-corrected chi connectivity index (χ4v) is 4.85. The summed E-state index contributed by atoms with van der Waals surface area (Å²) in [6.07, 6.45) is 0.657. The number of hydrogen-bond donors (Lipinski definition) is 1. The average molecular weight is 480 g/mol. The van der Waals surface area contributed by atoms with Gasteiger partial charge in [-0.25, -0.2) is 0 Å². The summed E-state index contributed by atoms with van der Waals surface area (Å²) in [4.78, 5) is 14.0. The first kappa shape index (κ1) is 22.1. The number of halogens is 1. The molecule has 2 heterocycles. The molecule has 4 rings (SSSR count). The summed E-state index contributed by atoms with van der Waals surface area (Å²) >= 11 is 9.08. The molecular formula is C23H18ClN5OS2. The van der Waals surface area contributed by atoms with Crippen LogP contribution in [0.5, 0.6) is 0 Å². The maximum absolute atomic E-state index is 12.8. The van der Waals surface area contributed by atoms with Crippen molar-refractivity contribution in [1.29, 1.82) is 5.26 Å². The molecule has 1 amide bonds. The minimum Gasteiger partial charge on any atom is -0.325 e. The van der Waals surface area contributed by atoms with Gasteiger partial charge in [-0.1, -0.05) is 47.6 Å². The highest BCUT2D eigenvalue weighted by atomic mass is 35.5. The fraction of sp³-hybridized carbons (Fsp3) is 0.130. The van der Waals surface area contributed by atoms with Gasteiger partial charge in [0.25, 0.3) is 0 Å². The average Bonchev–Trinajstić information content (AvgIpc) is 3.45. The molecule has 1 unspecified atom stereocenters. The van der Waals surface area contributed by atoms with Gasteiger partial charge in [0.05, 0.1) is 15.8 Å². The SMILES string of the molecule is CC(Sc1nnc(Cc2cccs2)n1-c1ccccc1)C(=O)Nc1ccc(C#N)c(Cl)c1. The van der Waals surface area contributed by atoms with Gasteiger partial charge in [0, 0.05) is 22.7 Å². The Hall–Kier alpha value is -3.12. The second-order valence-electron chi connectivity index (χ2n) is 6.88. The standard InChI is InChI=1S/C23H18ClN5OS2/c1-15(22(30)26-17-10-9-16(14-25)20(24)12-17)32-23-28-27-21(13-19-8-5-11-31-19)29(23)18-6-3-2-4-7-18/h2-12,15H,13H2,1H3,(H,26,30). The van der Waals surface area contributed by atoms with Crippen molar-refractivity contribution in [2.75, 3.05) is 5.32 Å². The number of aromatic nitrogens is 3. The van der Waals surface area contributed by atoms with E-state index in [0.29, 0.717) is 27.9 Å². The minimum absolute atomic E-state index is 0.196. The minimum atomic E-state index is -0.439. The Balaban J connectivity index is 1.55. The van der Waals surface area contributed by atoms with Gasteiger partial charge in [0.2, 0.25) is 5.91 Å². The molecule has 2 aromatic heterocycles. The van der Waals surface area contributed by atoms with E-state index in [9.17, 15) is 4.79 Å². The van der Waals surface area contributed by atoms with Crippen LogP contribution in [0.25, 0.3) is 5.69 Å². The smallest absolute Gasteiger partial charge is 0.237 e. The van der Waals surface area contributed by atoms with E-state index in [4.69, 9.17) is 16.9 Å². The predicted octanol–water partition coefficient (Wildman–Crippen LogP) is 5.56. The molecule has 9 heteroatoms. The van der Waals surface area contributed by atoms with E-state index in [2.05, 4.69) is 21.6 Å². The van der Waals surface area contributed by atoms with Gasteiger partial charge < -0.3 is 5.32 Å². The lowest BCUT2D eigenvalue weighted by atomic mass is 10.2. The zero-order valence-corrected chi connectivity index (χ0v) is 19.4. The Labute approximate surface area is 198 Å². The normalized spacial score (nSPS) is 11.7. The Bertz CT molecular complexity index is 1270. The van der Waals surface area contributed by atoms with Crippen molar-refractivity contribution < 1.29 is 4.79 Å². The summed E-state index contributed by atoms with van der Waals surface area (Å²) in [6, 6.07) is 20.8. The molecule has 0 aliphatic rings. The Kier molecular flexibility index (Phi) is 6.90. The Morgan fingerprint density at radius 3 is 2.72 bits per heavy atom. The number of nitriles is 1. The summed E-state index contributed by atoms with van der Waals surface area (Å²) in [5.74, 6) is 0.617. The molecule has 4 aromatic rings. The molecule has 32 heavy (non-hydrogen) atoms. The second kappa shape index (κ2) is 10.0. The maximum atomic E-state index is 12.8. The molecule has 0 fully saturated rings. The zero-order valence-electron chi connectivity index (χ0n) is 17.0. The number of hydrogen-bond acceptors (Lipinski definition) is 6. The molecule has 1 atom stereocenters. The van der Waals surface area contributed by atoms with Gasteiger partial charge in [0.15, 0.2) is 5.16 Å². The highest BCUT2D eigenvalue weighted by molar-refractivity contribution is 8.00. The summed E-state index contributed by atoms with van der Waals surface area (Å²) in [5.41, 5.74) is 1.84. The van der Waals surface area contributed by atoms with E-state index in [0.717, 1.165) is 11.5 Å². The molecule has 0 saturated carbocycles. The molecule has 0 radical (unpaired) electrons. The van der Waals surface area contributed by atoms with Crippen LogP contribution < -0.4 is 5.32 Å². The number of para-hydroxylation sites is 1. The van der Waals surface area contributed by atoms with Gasteiger partial charge in [-0.2, -0.15) is 5.26 Å². The molecular weight excluding hydrogens is 462 g/mol. The van der Waals surface area contributed by atoms with Gasteiger partial charge >= 0.3 is 0 Å². The lowest BCUT2D eigenvalue weighted by Gasteiger charge is -2.14. The first-order chi connectivity index (χ1) is 15.5. The maximum Gasteiger partial charge on any atom is 0.237 e. The van der Waals surface area contributed by atoms with Crippen LogP contribution in [0.3, 0.4) is 0 Å². The van der Waals surface area contributed by atoms with Crippen LogP contribution in [-0.2, 0) is 11.2 Å². The largest absolute Gasteiger partial charge is 0.325 e. The number of thioether (sulfide) groups is 1. The first-order valence-electron chi connectivity index (χ1n) is 9.74. The van der Waals surface area contributed by atoms with Crippen LogP contribution >= 0.6 is 34.7 Å². The number of carbonyl (C=O) groups excluding carboxylic acids is 1. The van der Waals surface area contributed by atoms with Crippen molar-refractivity contribution in [3.63, 3.8) is 0 Å². The van der Waals surface area contributed by atoms with Crippen molar-refractivity contribution in [3.8, 4) is 11.8 Å². The molecule has 6 nitrogen and oxygen atoms in total. The third-order valence-corrected chi connectivity index (χ3v) is 6.87. The van der Waals surface area contributed by atoms with Crippen LogP contribution in [-0.4, -0.2) is 25.9 Å². The Morgan fingerprint density at radius 1 is 1.22 bits per heavy atom. The van der Waals surface area contributed by atoms with Gasteiger partial charge in [0.1, 0.15) is 11.9 Å². The van der Waals surface area contributed by atoms with Crippen LogP contribution in [0, 0.1) is 11.3 Å². The van der Waals surface area contributed by atoms with E-state index in [1.807, 2.05) is 59.3 Å². The van der Waals surface area contributed by atoms with Crippen LogP contribution in [0.4, 0.5) is 5.69 Å². The topological polar surface area (TPSA) is 83.6 Å². The highest BCUT2D eigenvalue weighted by Gasteiger charge is 2.22. The monoisotopic (exact) mass is 479 g/mol. The van der Waals surface area contributed by atoms with Crippen LogP contribution in [0.2, 0.25) is 5.02 Å². The number of nitrogens with zero attached hydrogens (tertiary/aromatic N) is 4. The van der Waals surface area contributed by atoms with E-state index in [-0.39, 0.29) is 5.91 Å². The predicted molar refractivity (Wildman–Crippen MR) is 129 cm³/mol. The van der Waals surface area contributed by atoms with E-state index in [1.165, 1.54) is 16.6 Å². The van der Waals surface area contributed by atoms with E-state index < -0.39 is 5.25 Å². The number of rotatable bonds is 7. The number of thiophene rings is 1. The van der Waals surface area contributed by atoms with Crippen LogP contribution in [0.15, 0.2) is 71.2 Å². The van der Waals surface area contributed by atoms with Crippen molar-refractivity contribution in [2.45, 2.75) is 23.8 Å². The Morgan fingerprint density at radius 2 is 2.03 bits per heavy atom. The fourth-order valence-electron chi connectivity index (χ4n) is 3.04. The molecule has 0 saturated heterocycles. The molecule has 0 aliphatic carbocycles. The molecule has 160 valence electrons. The summed E-state index contributed by atoms with van der Waals surface area (Å²) in [6.45, 7) is 1.81. The summed E-state index contributed by atoms with van der Waals surface area (Å²) < 4.78 is 1.99. The third kappa shape index (κ3) is 5.02. The highest BCUT2D eigenvalue weighted by Crippen LogP contribution is 2.28.